The Kier molecular flexibility index (Phi) is 6.90. The maximum Gasteiger partial charge on any atom is 0.416 e. The summed E-state index contributed by atoms with van der Waals surface area (Å²) in [6.07, 6.45) is -4.67. The van der Waals surface area contributed by atoms with Gasteiger partial charge in [-0.15, -0.1) is 0 Å². The summed E-state index contributed by atoms with van der Waals surface area (Å²) in [4.78, 5) is 27.1. The molecule has 7 nitrogen and oxygen atoms in total. The van der Waals surface area contributed by atoms with Crippen LogP contribution in [0.25, 0.3) is 0 Å². The number of carbonyl (C=O) groups excluding carboxylic acids is 1. The number of alkyl halides is 3. The molecule has 0 saturated carbocycles. The number of nitro benzene ring substituents is 1. The number of halogens is 3. The molecule has 1 saturated heterocycles. The number of hydrogen-bond acceptors (Lipinski definition) is 5. The molecule has 10 heteroatoms. The summed E-state index contributed by atoms with van der Waals surface area (Å²) < 4.78 is 44.8. The van der Waals surface area contributed by atoms with E-state index in [4.69, 9.17) is 4.74 Å². The van der Waals surface area contributed by atoms with Gasteiger partial charge in [0.25, 0.3) is 11.6 Å². The van der Waals surface area contributed by atoms with Crippen molar-refractivity contribution in [1.29, 1.82) is 0 Å². The summed E-state index contributed by atoms with van der Waals surface area (Å²) in [6.45, 7) is 1.25. The predicted octanol–water partition coefficient (Wildman–Crippen LogP) is 5.16. The maximum atomic E-state index is 13.2. The van der Waals surface area contributed by atoms with E-state index in [-0.39, 0.29) is 44.4 Å². The van der Waals surface area contributed by atoms with Gasteiger partial charge in [0.1, 0.15) is 18.0 Å². The molecule has 0 aromatic heterocycles. The quantitative estimate of drug-likeness (QED) is 0.356. The van der Waals surface area contributed by atoms with Gasteiger partial charge in [-0.2, -0.15) is 13.2 Å². The van der Waals surface area contributed by atoms with Gasteiger partial charge >= 0.3 is 6.18 Å². The molecular weight excluding hydrogens is 463 g/mol. The number of ether oxygens (including phenoxy) is 1. The summed E-state index contributed by atoms with van der Waals surface area (Å²) >= 11 is 0. The lowest BCUT2D eigenvalue weighted by Crippen LogP contribution is -2.49. The van der Waals surface area contributed by atoms with Crippen LogP contribution < -0.4 is 9.64 Å². The van der Waals surface area contributed by atoms with E-state index < -0.39 is 22.4 Å². The zero-order valence-corrected chi connectivity index (χ0v) is 18.6. The van der Waals surface area contributed by atoms with E-state index in [1.54, 1.807) is 21.9 Å². The summed E-state index contributed by atoms with van der Waals surface area (Å²) in [5.74, 6) is 0.486. The molecular formula is C25H22F3N3O4. The number of amides is 1. The predicted molar refractivity (Wildman–Crippen MR) is 123 cm³/mol. The van der Waals surface area contributed by atoms with Gasteiger partial charge in [-0.05, 0) is 30.3 Å². The molecule has 0 bridgehead atoms. The van der Waals surface area contributed by atoms with Crippen molar-refractivity contribution in [3.63, 3.8) is 0 Å². The fourth-order valence-electron chi connectivity index (χ4n) is 3.97. The minimum absolute atomic E-state index is 0.103. The van der Waals surface area contributed by atoms with Crippen LogP contribution in [0.15, 0.2) is 72.8 Å². The van der Waals surface area contributed by atoms with Crippen molar-refractivity contribution in [3.8, 4) is 5.75 Å². The van der Waals surface area contributed by atoms with Gasteiger partial charge in [0.2, 0.25) is 0 Å². The molecule has 0 unspecified atom stereocenters. The van der Waals surface area contributed by atoms with Crippen molar-refractivity contribution in [2.75, 3.05) is 31.1 Å². The third-order valence-corrected chi connectivity index (χ3v) is 5.79. The Morgan fingerprint density at radius 1 is 0.943 bits per heavy atom. The number of rotatable bonds is 6. The van der Waals surface area contributed by atoms with Crippen LogP contribution in [-0.4, -0.2) is 41.9 Å². The van der Waals surface area contributed by atoms with E-state index in [2.05, 4.69) is 0 Å². The van der Waals surface area contributed by atoms with Crippen molar-refractivity contribution >= 4 is 17.3 Å². The molecule has 4 rings (SSSR count). The fourth-order valence-corrected chi connectivity index (χ4v) is 3.97. The van der Waals surface area contributed by atoms with E-state index >= 15 is 0 Å². The number of carbonyl (C=O) groups is 1. The maximum absolute atomic E-state index is 13.2. The van der Waals surface area contributed by atoms with Crippen molar-refractivity contribution in [3.05, 3.63) is 99.6 Å². The molecule has 1 heterocycles. The number of benzene rings is 3. The first-order chi connectivity index (χ1) is 16.7. The van der Waals surface area contributed by atoms with Crippen molar-refractivity contribution in [2.45, 2.75) is 12.8 Å². The smallest absolute Gasteiger partial charge is 0.416 e. The van der Waals surface area contributed by atoms with Crippen LogP contribution in [0.3, 0.4) is 0 Å². The Labute approximate surface area is 199 Å². The monoisotopic (exact) mass is 485 g/mol. The van der Waals surface area contributed by atoms with Crippen molar-refractivity contribution in [2.24, 2.45) is 0 Å². The number of nitro groups is 1. The minimum atomic E-state index is -4.67. The fraction of sp³-hybridized carbons (Fsp3) is 0.240. The summed E-state index contributed by atoms with van der Waals surface area (Å²) in [5, 5.41) is 11.4. The second-order valence-corrected chi connectivity index (χ2v) is 8.00. The first-order valence-corrected chi connectivity index (χ1v) is 10.9. The van der Waals surface area contributed by atoms with Gasteiger partial charge in [-0.1, -0.05) is 36.4 Å². The number of anilines is 1. The number of hydrogen-bond donors (Lipinski definition) is 0. The molecule has 0 atom stereocenters. The van der Waals surface area contributed by atoms with Crippen molar-refractivity contribution < 1.29 is 27.6 Å². The molecule has 1 fully saturated rings. The number of para-hydroxylation sites is 1. The highest BCUT2D eigenvalue weighted by Crippen LogP contribution is 2.36. The highest BCUT2D eigenvalue weighted by molar-refractivity contribution is 5.95. The van der Waals surface area contributed by atoms with Gasteiger partial charge < -0.3 is 14.5 Å². The van der Waals surface area contributed by atoms with Gasteiger partial charge in [0, 0.05) is 43.4 Å². The molecule has 1 amide bonds. The second kappa shape index (κ2) is 10.0. The molecule has 1 aliphatic heterocycles. The summed E-state index contributed by atoms with van der Waals surface area (Å²) in [6, 6.07) is 18.9. The minimum Gasteiger partial charge on any atom is -0.489 e. The van der Waals surface area contributed by atoms with E-state index in [1.807, 2.05) is 42.5 Å². The Hall–Kier alpha value is -4.08. The van der Waals surface area contributed by atoms with Gasteiger partial charge in [0.15, 0.2) is 0 Å². The highest BCUT2D eigenvalue weighted by atomic mass is 19.4. The molecule has 35 heavy (non-hydrogen) atoms. The third-order valence-electron chi connectivity index (χ3n) is 5.79. The third kappa shape index (κ3) is 5.53. The Balaban J connectivity index is 1.45. The average molecular weight is 485 g/mol. The second-order valence-electron chi connectivity index (χ2n) is 8.00. The van der Waals surface area contributed by atoms with Crippen LogP contribution in [0.1, 0.15) is 21.5 Å². The zero-order chi connectivity index (χ0) is 25.0. The number of nitrogens with zero attached hydrogens (tertiary/aromatic N) is 3. The van der Waals surface area contributed by atoms with Gasteiger partial charge in [0.05, 0.1) is 10.5 Å². The molecule has 3 aromatic carbocycles. The van der Waals surface area contributed by atoms with Gasteiger partial charge in [-0.25, -0.2) is 0 Å². The lowest BCUT2D eigenvalue weighted by Gasteiger charge is -2.36. The molecule has 0 radical (unpaired) electrons. The van der Waals surface area contributed by atoms with Crippen molar-refractivity contribution in [1.82, 2.24) is 4.90 Å². The zero-order valence-electron chi connectivity index (χ0n) is 18.6. The van der Waals surface area contributed by atoms with E-state index in [0.29, 0.717) is 17.4 Å². The van der Waals surface area contributed by atoms with E-state index in [0.717, 1.165) is 17.7 Å². The Morgan fingerprint density at radius 3 is 2.26 bits per heavy atom. The molecule has 182 valence electrons. The van der Waals surface area contributed by atoms with Gasteiger partial charge in [-0.3, -0.25) is 14.9 Å². The van der Waals surface area contributed by atoms with Crippen LogP contribution >= 0.6 is 0 Å². The summed E-state index contributed by atoms with van der Waals surface area (Å²) in [5.41, 5.74) is -0.356. The topological polar surface area (TPSA) is 75.9 Å². The molecule has 0 spiro atoms. The summed E-state index contributed by atoms with van der Waals surface area (Å²) in [7, 11) is 0. The molecule has 3 aromatic rings. The normalized spacial score (nSPS) is 14.0. The van der Waals surface area contributed by atoms with E-state index in [1.165, 1.54) is 0 Å². The van der Waals surface area contributed by atoms with Crippen LogP contribution in [0.5, 0.6) is 5.75 Å². The standard InChI is InChI=1S/C25H22F3N3O4/c26-25(27,28)19-10-11-22(23(16-19)31(33)34)29-12-14-30(15-13-29)24(32)21-9-5-4-6-18(21)17-35-20-7-2-1-3-8-20/h1-11,16H,12-15,17H2. The lowest BCUT2D eigenvalue weighted by atomic mass is 10.1. The Bertz CT molecular complexity index is 1210. The lowest BCUT2D eigenvalue weighted by molar-refractivity contribution is -0.384. The van der Waals surface area contributed by atoms with Crippen LogP contribution in [-0.2, 0) is 12.8 Å². The average Bonchev–Trinajstić information content (AvgIpc) is 2.87. The Morgan fingerprint density at radius 2 is 1.60 bits per heavy atom. The number of piperazine rings is 1. The van der Waals surface area contributed by atoms with Crippen LogP contribution in [0.2, 0.25) is 0 Å². The largest absolute Gasteiger partial charge is 0.489 e. The first kappa shape index (κ1) is 24.1. The van der Waals surface area contributed by atoms with E-state index in [9.17, 15) is 28.1 Å². The molecule has 0 N–H and O–H groups in total. The highest BCUT2D eigenvalue weighted by Gasteiger charge is 2.34. The first-order valence-electron chi connectivity index (χ1n) is 10.9. The van der Waals surface area contributed by atoms with Crippen LogP contribution in [0.4, 0.5) is 24.5 Å². The molecule has 1 aliphatic rings. The SMILES string of the molecule is O=C(c1ccccc1COc1ccccc1)N1CCN(c2ccc(C(F)(F)F)cc2[N+](=O)[O-])CC1. The van der Waals surface area contributed by atoms with Crippen LogP contribution in [0, 0.1) is 10.1 Å². The molecule has 0 aliphatic carbocycles.